The second kappa shape index (κ2) is 7.09. The molecule has 7 nitrogen and oxygen atoms in total. The lowest BCUT2D eigenvalue weighted by Crippen LogP contribution is -2.54. The van der Waals surface area contributed by atoms with E-state index in [1.54, 1.807) is 41.5 Å². The highest BCUT2D eigenvalue weighted by atomic mass is 16.6. The van der Waals surface area contributed by atoms with Gasteiger partial charge in [-0.15, -0.1) is 0 Å². The summed E-state index contributed by atoms with van der Waals surface area (Å²) in [7, 11) is 0. The summed E-state index contributed by atoms with van der Waals surface area (Å²) in [5.74, 6) is -1.58. The molecule has 0 saturated heterocycles. The van der Waals surface area contributed by atoms with Gasteiger partial charge in [0.1, 0.15) is 17.2 Å². The van der Waals surface area contributed by atoms with Gasteiger partial charge in [0, 0.05) is 0 Å². The highest BCUT2D eigenvalue weighted by Crippen LogP contribution is 2.16. The largest absolute Gasteiger partial charge is 0.458 e. The van der Waals surface area contributed by atoms with E-state index in [-0.39, 0.29) is 0 Å². The van der Waals surface area contributed by atoms with E-state index < -0.39 is 41.3 Å². The van der Waals surface area contributed by atoms with Gasteiger partial charge < -0.3 is 15.2 Å². The topological polar surface area (TPSA) is 98.9 Å². The van der Waals surface area contributed by atoms with Gasteiger partial charge in [0.05, 0.1) is 6.04 Å². The summed E-state index contributed by atoms with van der Waals surface area (Å²) in [6.45, 7) is 14.9. The van der Waals surface area contributed by atoms with Crippen molar-refractivity contribution in [3.05, 3.63) is 6.92 Å². The number of hydrogen-bond acceptors (Lipinski definition) is 6. The summed E-state index contributed by atoms with van der Waals surface area (Å²) in [6.07, 6.45) is -0.986. The number of nitrogens with two attached hydrogens (primary N) is 1. The number of rotatable bonds is 3. The van der Waals surface area contributed by atoms with Crippen molar-refractivity contribution in [2.24, 2.45) is 5.73 Å². The summed E-state index contributed by atoms with van der Waals surface area (Å²) in [4.78, 5) is 37.0. The minimum atomic E-state index is -1.38. The summed E-state index contributed by atoms with van der Waals surface area (Å²) in [5.41, 5.74) is 3.92. The fourth-order valence-electron chi connectivity index (χ4n) is 1.38. The Bertz CT molecular complexity index is 432. The van der Waals surface area contributed by atoms with Crippen molar-refractivity contribution in [3.63, 3.8) is 0 Å². The molecule has 0 fully saturated rings. The lowest BCUT2D eigenvalue weighted by Gasteiger charge is -2.31. The van der Waals surface area contributed by atoms with Crippen molar-refractivity contribution in [1.82, 2.24) is 4.90 Å². The molecule has 7 heteroatoms. The molecule has 0 bridgehead atoms. The van der Waals surface area contributed by atoms with Crippen LogP contribution in [-0.2, 0) is 19.1 Å². The van der Waals surface area contributed by atoms with Gasteiger partial charge in [-0.1, -0.05) is 0 Å². The number of esters is 1. The number of nitrogens with zero attached hydrogens (tertiary/aromatic N) is 1. The molecule has 0 heterocycles. The van der Waals surface area contributed by atoms with Gasteiger partial charge in [0.15, 0.2) is 0 Å². The SMILES string of the molecule is [CH2][C@@H](C(=O)OC(C)(C)C)N(C(=O)OC(C)(C)C)C(=O)[C@H](C)N. The number of carbonyl (C=O) groups is 3. The molecule has 0 aliphatic carbocycles. The Hall–Kier alpha value is -1.63. The number of carbonyl (C=O) groups excluding carboxylic acids is 3. The molecule has 1 radical (unpaired) electrons. The fourth-order valence-corrected chi connectivity index (χ4v) is 1.38. The molecule has 0 spiro atoms. The average molecular weight is 315 g/mol. The first-order valence-electron chi connectivity index (χ1n) is 7.03. The van der Waals surface area contributed by atoms with Crippen LogP contribution in [0.4, 0.5) is 4.79 Å². The zero-order chi connectivity index (χ0) is 17.9. The second-order valence-corrected chi connectivity index (χ2v) is 7.03. The Morgan fingerprint density at radius 3 is 1.73 bits per heavy atom. The van der Waals surface area contributed by atoms with Crippen molar-refractivity contribution in [2.75, 3.05) is 0 Å². The summed E-state index contributed by atoms with van der Waals surface area (Å²) in [6, 6.07) is -2.37. The third-order valence-electron chi connectivity index (χ3n) is 2.21. The van der Waals surface area contributed by atoms with Crippen molar-refractivity contribution in [3.8, 4) is 0 Å². The van der Waals surface area contributed by atoms with E-state index in [0.717, 1.165) is 0 Å². The van der Waals surface area contributed by atoms with Crippen molar-refractivity contribution in [1.29, 1.82) is 0 Å². The van der Waals surface area contributed by atoms with Gasteiger partial charge in [-0.3, -0.25) is 4.79 Å². The predicted molar refractivity (Wildman–Crippen MR) is 81.7 cm³/mol. The van der Waals surface area contributed by atoms with Gasteiger partial charge >= 0.3 is 12.1 Å². The molecule has 0 saturated carbocycles. The van der Waals surface area contributed by atoms with Crippen LogP contribution in [0.3, 0.4) is 0 Å². The van der Waals surface area contributed by atoms with E-state index in [4.69, 9.17) is 15.2 Å². The van der Waals surface area contributed by atoms with Gasteiger partial charge in [-0.2, -0.15) is 0 Å². The Morgan fingerprint density at radius 2 is 1.41 bits per heavy atom. The Kier molecular flexibility index (Phi) is 6.56. The molecular weight excluding hydrogens is 288 g/mol. The summed E-state index contributed by atoms with van der Waals surface area (Å²) >= 11 is 0. The Labute approximate surface area is 132 Å². The van der Waals surface area contributed by atoms with E-state index in [1.807, 2.05) is 0 Å². The fraction of sp³-hybridized carbons (Fsp3) is 0.733. The highest BCUT2D eigenvalue weighted by Gasteiger charge is 2.38. The smallest absolute Gasteiger partial charge is 0.417 e. The predicted octanol–water partition coefficient (Wildman–Crippen LogP) is 1.64. The van der Waals surface area contributed by atoms with Crippen LogP contribution in [0.15, 0.2) is 0 Å². The second-order valence-electron chi connectivity index (χ2n) is 7.03. The molecule has 2 amide bonds. The van der Waals surface area contributed by atoms with E-state index in [1.165, 1.54) is 6.92 Å². The van der Waals surface area contributed by atoms with Gasteiger partial charge in [0.25, 0.3) is 0 Å². The molecule has 0 aromatic rings. The maximum absolute atomic E-state index is 12.2. The normalized spacial score (nSPS) is 14.8. The lowest BCUT2D eigenvalue weighted by atomic mass is 10.1. The summed E-state index contributed by atoms with van der Waals surface area (Å²) < 4.78 is 10.3. The first kappa shape index (κ1) is 20.4. The zero-order valence-corrected chi connectivity index (χ0v) is 14.4. The van der Waals surface area contributed by atoms with Gasteiger partial charge in [0.2, 0.25) is 5.91 Å². The molecule has 0 unspecified atom stereocenters. The number of hydrogen-bond donors (Lipinski definition) is 1. The minimum absolute atomic E-state index is 0.601. The van der Waals surface area contributed by atoms with Crippen LogP contribution in [0.1, 0.15) is 48.5 Å². The molecule has 2 atom stereocenters. The molecule has 0 aliphatic heterocycles. The third kappa shape index (κ3) is 6.89. The third-order valence-corrected chi connectivity index (χ3v) is 2.21. The monoisotopic (exact) mass is 315 g/mol. The molecule has 0 aromatic carbocycles. The number of ether oxygens (including phenoxy) is 2. The average Bonchev–Trinajstić information content (AvgIpc) is 2.23. The van der Waals surface area contributed by atoms with Crippen LogP contribution < -0.4 is 5.73 Å². The maximum Gasteiger partial charge on any atom is 0.417 e. The first-order chi connectivity index (χ1) is 9.65. The molecule has 0 aliphatic rings. The number of imide groups is 1. The van der Waals surface area contributed by atoms with Crippen LogP contribution in [0.25, 0.3) is 0 Å². The quantitative estimate of drug-likeness (QED) is 0.795. The number of amides is 2. The zero-order valence-electron chi connectivity index (χ0n) is 14.4. The van der Waals surface area contributed by atoms with Crippen LogP contribution in [0.5, 0.6) is 0 Å². The van der Waals surface area contributed by atoms with Gasteiger partial charge in [-0.25, -0.2) is 14.5 Å². The molecule has 0 rings (SSSR count). The minimum Gasteiger partial charge on any atom is -0.458 e. The van der Waals surface area contributed by atoms with E-state index >= 15 is 0 Å². The van der Waals surface area contributed by atoms with Gasteiger partial charge in [-0.05, 0) is 55.4 Å². The molecule has 127 valence electrons. The van der Waals surface area contributed by atoms with Crippen LogP contribution in [0.2, 0.25) is 0 Å². The lowest BCUT2D eigenvalue weighted by molar-refractivity contribution is -0.162. The highest BCUT2D eigenvalue weighted by molar-refractivity contribution is 5.99. The Morgan fingerprint density at radius 1 is 1.00 bits per heavy atom. The molecule has 0 aromatic heterocycles. The molecular formula is C15H27N2O5. The van der Waals surface area contributed by atoms with Crippen LogP contribution in [-0.4, -0.2) is 46.2 Å². The standard InChI is InChI=1S/C15H27N2O5/c1-9(16)11(18)17(13(20)22-15(6,7)8)10(2)12(19)21-14(3,4)5/h9-10H,2,16H2,1,3-8H3/t9-,10-/m0/s1. The van der Waals surface area contributed by atoms with Crippen molar-refractivity contribution >= 4 is 18.0 Å². The molecule has 2 N–H and O–H groups in total. The Balaban J connectivity index is 5.37. The van der Waals surface area contributed by atoms with E-state index in [2.05, 4.69) is 6.92 Å². The maximum atomic E-state index is 12.2. The summed E-state index contributed by atoms with van der Waals surface area (Å²) in [5, 5.41) is 0. The van der Waals surface area contributed by atoms with E-state index in [9.17, 15) is 14.4 Å². The first-order valence-corrected chi connectivity index (χ1v) is 7.03. The van der Waals surface area contributed by atoms with E-state index in [0.29, 0.717) is 4.90 Å². The van der Waals surface area contributed by atoms with Crippen LogP contribution >= 0.6 is 0 Å². The molecule has 22 heavy (non-hydrogen) atoms. The van der Waals surface area contributed by atoms with Crippen LogP contribution in [0, 0.1) is 6.92 Å². The van der Waals surface area contributed by atoms with Crippen molar-refractivity contribution < 1.29 is 23.9 Å². The van der Waals surface area contributed by atoms with Crippen molar-refractivity contribution in [2.45, 2.75) is 71.8 Å².